The number of nitrogens with zero attached hydrogens (tertiary/aromatic N) is 3. The van der Waals surface area contributed by atoms with Crippen molar-refractivity contribution in [1.82, 2.24) is 14.4 Å². The van der Waals surface area contributed by atoms with Crippen molar-refractivity contribution in [1.29, 1.82) is 0 Å². The summed E-state index contributed by atoms with van der Waals surface area (Å²) in [6.45, 7) is 2.61. The number of aromatic nitrogens is 1. The number of ether oxygens (including phenoxy) is 2. The topological polar surface area (TPSA) is 46.9 Å². The first kappa shape index (κ1) is 24.8. The molecule has 3 aromatic carbocycles. The maximum atomic E-state index is 13.4. The van der Waals surface area contributed by atoms with Crippen molar-refractivity contribution >= 4 is 16.8 Å². The third-order valence-corrected chi connectivity index (χ3v) is 6.71. The summed E-state index contributed by atoms with van der Waals surface area (Å²) in [6.07, 6.45) is 0. The van der Waals surface area contributed by atoms with Gasteiger partial charge in [0.1, 0.15) is 22.9 Å². The van der Waals surface area contributed by atoms with Gasteiger partial charge in [-0.2, -0.15) is 8.78 Å². The molecule has 1 aliphatic rings. The highest BCUT2D eigenvalue weighted by Gasteiger charge is 2.25. The lowest BCUT2D eigenvalue weighted by Gasteiger charge is -2.34. The van der Waals surface area contributed by atoms with Crippen molar-refractivity contribution in [2.24, 2.45) is 7.05 Å². The number of aryl methyl sites for hydroxylation is 2. The van der Waals surface area contributed by atoms with Crippen LogP contribution in [0.1, 0.15) is 21.6 Å². The second-order valence-corrected chi connectivity index (χ2v) is 9.32. The van der Waals surface area contributed by atoms with E-state index in [4.69, 9.17) is 4.74 Å². The summed E-state index contributed by atoms with van der Waals surface area (Å²) >= 11 is 0. The van der Waals surface area contributed by atoms with E-state index in [0.29, 0.717) is 25.3 Å². The van der Waals surface area contributed by atoms with Gasteiger partial charge in [-0.3, -0.25) is 9.69 Å². The zero-order chi connectivity index (χ0) is 25.9. The zero-order valence-corrected chi connectivity index (χ0v) is 20.9. The van der Waals surface area contributed by atoms with Crippen molar-refractivity contribution in [3.8, 4) is 17.2 Å². The van der Waals surface area contributed by atoms with Gasteiger partial charge in [-0.15, -0.1) is 0 Å². The zero-order valence-electron chi connectivity index (χ0n) is 20.9. The average Bonchev–Trinajstić information content (AvgIpc) is 3.22. The van der Waals surface area contributed by atoms with Crippen molar-refractivity contribution in [2.75, 3.05) is 26.2 Å². The van der Waals surface area contributed by atoms with Gasteiger partial charge >= 0.3 is 6.61 Å². The first-order valence-corrected chi connectivity index (χ1v) is 12.2. The first-order valence-electron chi connectivity index (χ1n) is 12.2. The highest BCUT2D eigenvalue weighted by Crippen LogP contribution is 2.28. The number of rotatable bonds is 7. The van der Waals surface area contributed by atoms with Crippen LogP contribution in [-0.2, 0) is 13.6 Å². The van der Waals surface area contributed by atoms with Crippen LogP contribution in [0.4, 0.5) is 8.78 Å². The quantitative estimate of drug-likeness (QED) is 0.317. The molecule has 0 saturated carbocycles. The number of halogens is 2. The van der Waals surface area contributed by atoms with Crippen molar-refractivity contribution < 1.29 is 23.0 Å². The van der Waals surface area contributed by atoms with Crippen LogP contribution in [0.25, 0.3) is 10.9 Å². The van der Waals surface area contributed by atoms with E-state index in [0.717, 1.165) is 41.1 Å². The maximum absolute atomic E-state index is 13.4. The molecule has 0 aliphatic carbocycles. The van der Waals surface area contributed by atoms with Gasteiger partial charge in [-0.25, -0.2) is 0 Å². The SMILES string of the molecule is Cc1ccc(Oc2ccc3cc(C(=O)N4CCN(Cc5ccc(OC(F)F)cc5)CC4)n(C)c3c2)cc1. The minimum atomic E-state index is -2.83. The van der Waals surface area contributed by atoms with Gasteiger partial charge in [0.15, 0.2) is 0 Å². The summed E-state index contributed by atoms with van der Waals surface area (Å²) < 4.78 is 37.0. The predicted molar refractivity (Wildman–Crippen MR) is 138 cm³/mol. The Morgan fingerprint density at radius 3 is 2.19 bits per heavy atom. The summed E-state index contributed by atoms with van der Waals surface area (Å²) in [4.78, 5) is 17.5. The highest BCUT2D eigenvalue weighted by molar-refractivity contribution is 5.99. The Bertz CT molecular complexity index is 1380. The number of alkyl halides is 2. The van der Waals surface area contributed by atoms with E-state index in [9.17, 15) is 13.6 Å². The molecule has 8 heteroatoms. The molecule has 6 nitrogen and oxygen atoms in total. The molecule has 0 spiro atoms. The van der Waals surface area contributed by atoms with Crippen LogP contribution in [0.2, 0.25) is 0 Å². The molecular weight excluding hydrogens is 476 g/mol. The fourth-order valence-electron chi connectivity index (χ4n) is 4.63. The number of piperazine rings is 1. The molecule has 1 aromatic heterocycles. The molecule has 37 heavy (non-hydrogen) atoms. The van der Waals surface area contributed by atoms with Crippen LogP contribution in [0.15, 0.2) is 72.8 Å². The van der Waals surface area contributed by atoms with Crippen molar-refractivity contribution in [3.63, 3.8) is 0 Å². The Labute approximate surface area is 214 Å². The molecule has 4 aromatic rings. The van der Waals surface area contributed by atoms with Gasteiger partial charge in [0, 0.05) is 51.2 Å². The monoisotopic (exact) mass is 505 g/mol. The van der Waals surface area contributed by atoms with E-state index in [-0.39, 0.29) is 11.7 Å². The lowest BCUT2D eigenvalue weighted by Crippen LogP contribution is -2.48. The Morgan fingerprint density at radius 2 is 1.51 bits per heavy atom. The fraction of sp³-hybridized carbons (Fsp3) is 0.276. The normalized spacial score (nSPS) is 14.4. The standard InChI is InChI=1S/C29H29F2N3O3/c1-20-3-8-23(9-4-20)36-25-12-7-22-17-27(32(2)26(22)18-25)28(35)34-15-13-33(14-16-34)19-21-5-10-24(11-6-21)37-29(30)31/h3-12,17-18,29H,13-16,19H2,1-2H3. The molecule has 1 fully saturated rings. The lowest BCUT2D eigenvalue weighted by atomic mass is 10.2. The molecule has 1 saturated heterocycles. The summed E-state index contributed by atoms with van der Waals surface area (Å²) in [7, 11) is 1.91. The van der Waals surface area contributed by atoms with E-state index in [2.05, 4.69) is 9.64 Å². The van der Waals surface area contributed by atoms with E-state index in [1.807, 2.05) is 72.0 Å². The molecule has 192 valence electrons. The van der Waals surface area contributed by atoms with Crippen LogP contribution >= 0.6 is 0 Å². The van der Waals surface area contributed by atoms with Gasteiger partial charge in [0.05, 0.1) is 5.52 Å². The largest absolute Gasteiger partial charge is 0.457 e. The number of carbonyl (C=O) groups is 1. The molecule has 1 aliphatic heterocycles. The third kappa shape index (κ3) is 5.75. The van der Waals surface area contributed by atoms with Gasteiger partial charge in [-0.1, -0.05) is 29.8 Å². The van der Waals surface area contributed by atoms with Crippen molar-refractivity contribution in [3.05, 3.63) is 89.6 Å². The smallest absolute Gasteiger partial charge is 0.387 e. The molecule has 5 rings (SSSR count). The summed E-state index contributed by atoms with van der Waals surface area (Å²) in [6, 6.07) is 22.4. The minimum absolute atomic E-state index is 0.00727. The summed E-state index contributed by atoms with van der Waals surface area (Å²) in [5, 5.41) is 0.986. The van der Waals surface area contributed by atoms with Crippen LogP contribution < -0.4 is 9.47 Å². The minimum Gasteiger partial charge on any atom is -0.457 e. The molecule has 0 unspecified atom stereocenters. The Balaban J connectivity index is 1.21. The molecule has 0 N–H and O–H groups in total. The Hall–Kier alpha value is -3.91. The predicted octanol–water partition coefficient (Wildman–Crippen LogP) is 5.84. The molecule has 0 radical (unpaired) electrons. The molecule has 2 heterocycles. The van der Waals surface area contributed by atoms with E-state index in [1.54, 1.807) is 24.3 Å². The second kappa shape index (κ2) is 10.6. The van der Waals surface area contributed by atoms with Crippen molar-refractivity contribution in [2.45, 2.75) is 20.1 Å². The molecule has 0 bridgehead atoms. The number of fused-ring (bicyclic) bond motifs is 1. The highest BCUT2D eigenvalue weighted by atomic mass is 19.3. The van der Waals surface area contributed by atoms with E-state index in [1.165, 1.54) is 5.56 Å². The summed E-state index contributed by atoms with van der Waals surface area (Å²) in [5.74, 6) is 1.65. The van der Waals surface area contributed by atoms with Gasteiger partial charge in [0.25, 0.3) is 5.91 Å². The van der Waals surface area contributed by atoms with Gasteiger partial charge in [-0.05, 0) is 55.0 Å². The van der Waals surface area contributed by atoms with Crippen LogP contribution in [-0.4, -0.2) is 53.1 Å². The number of hydrogen-bond acceptors (Lipinski definition) is 4. The van der Waals surface area contributed by atoms with E-state index >= 15 is 0 Å². The fourth-order valence-corrected chi connectivity index (χ4v) is 4.63. The number of benzene rings is 3. The number of amides is 1. The third-order valence-electron chi connectivity index (χ3n) is 6.71. The molecule has 0 atom stereocenters. The van der Waals surface area contributed by atoms with E-state index < -0.39 is 6.61 Å². The van der Waals surface area contributed by atoms with Gasteiger partial charge < -0.3 is 18.9 Å². The Morgan fingerprint density at radius 1 is 0.865 bits per heavy atom. The van der Waals surface area contributed by atoms with Crippen LogP contribution in [0.3, 0.4) is 0 Å². The van der Waals surface area contributed by atoms with Gasteiger partial charge in [0.2, 0.25) is 0 Å². The maximum Gasteiger partial charge on any atom is 0.387 e. The second-order valence-electron chi connectivity index (χ2n) is 9.32. The number of carbonyl (C=O) groups excluding carboxylic acids is 1. The molecular formula is C29H29F2N3O3. The Kier molecular flexibility index (Phi) is 7.10. The first-order chi connectivity index (χ1) is 17.9. The average molecular weight is 506 g/mol. The van der Waals surface area contributed by atoms with Crippen LogP contribution in [0.5, 0.6) is 17.2 Å². The summed E-state index contributed by atoms with van der Waals surface area (Å²) in [5.41, 5.74) is 3.76. The number of hydrogen-bond donors (Lipinski definition) is 0. The lowest BCUT2D eigenvalue weighted by molar-refractivity contribution is -0.0498. The molecule has 1 amide bonds. The van der Waals surface area contributed by atoms with Crippen LogP contribution in [0, 0.1) is 6.92 Å².